The molecule has 0 amide bonds. The second-order valence-corrected chi connectivity index (χ2v) is 7.24. The van der Waals surface area contributed by atoms with Crippen molar-refractivity contribution in [2.45, 2.75) is 37.6 Å². The van der Waals surface area contributed by atoms with Crippen molar-refractivity contribution in [1.29, 1.82) is 0 Å². The number of carboxylic acids is 1. The molecule has 0 spiro atoms. The quantitative estimate of drug-likeness (QED) is 0.880. The van der Waals surface area contributed by atoms with Crippen LogP contribution >= 0.6 is 0 Å². The van der Waals surface area contributed by atoms with Crippen LogP contribution in [0.3, 0.4) is 0 Å². The van der Waals surface area contributed by atoms with Gasteiger partial charge in [0.2, 0.25) is 10.0 Å². The molecule has 116 valence electrons. The maximum Gasteiger partial charge on any atom is 0.337 e. The summed E-state index contributed by atoms with van der Waals surface area (Å²) in [6, 6.07) is 4.32. The molecule has 1 saturated heterocycles. The fraction of sp³-hybridized carbons (Fsp3) is 0.500. The topological polar surface area (TPSA) is 101 Å². The molecule has 2 rings (SSSR count). The lowest BCUT2D eigenvalue weighted by Crippen LogP contribution is -2.34. The molecule has 1 heterocycles. The third kappa shape index (κ3) is 3.19. The molecule has 0 aromatic heterocycles. The molecular formula is C14H20N2O4S. The van der Waals surface area contributed by atoms with E-state index in [1.54, 1.807) is 6.07 Å². The predicted molar refractivity (Wildman–Crippen MR) is 80.0 cm³/mol. The van der Waals surface area contributed by atoms with E-state index in [9.17, 15) is 18.3 Å². The molecule has 1 aromatic carbocycles. The van der Waals surface area contributed by atoms with Crippen LogP contribution in [0.4, 0.5) is 5.69 Å². The smallest absolute Gasteiger partial charge is 0.337 e. The van der Waals surface area contributed by atoms with Crippen LogP contribution in [-0.2, 0) is 10.0 Å². The molecule has 0 aliphatic carbocycles. The zero-order valence-electron chi connectivity index (χ0n) is 12.1. The van der Waals surface area contributed by atoms with Crippen LogP contribution in [0.15, 0.2) is 23.1 Å². The highest BCUT2D eigenvalue weighted by Gasteiger charge is 2.30. The summed E-state index contributed by atoms with van der Waals surface area (Å²) in [6.45, 7) is 4.97. The van der Waals surface area contributed by atoms with Crippen LogP contribution in [0.25, 0.3) is 0 Å². The SMILES string of the molecule is CC(C)C1CCCN1c1ccc(S(N)(=O)=O)cc1C(=O)O. The normalized spacial score (nSPS) is 19.2. The van der Waals surface area contributed by atoms with Gasteiger partial charge in [-0.3, -0.25) is 0 Å². The van der Waals surface area contributed by atoms with Crippen molar-refractivity contribution in [2.75, 3.05) is 11.4 Å². The number of nitrogens with zero attached hydrogens (tertiary/aromatic N) is 1. The Balaban J connectivity index is 2.51. The monoisotopic (exact) mass is 312 g/mol. The minimum Gasteiger partial charge on any atom is -0.478 e. The van der Waals surface area contributed by atoms with Gasteiger partial charge in [0.1, 0.15) is 0 Å². The Bertz CT molecular complexity index is 655. The lowest BCUT2D eigenvalue weighted by molar-refractivity contribution is 0.0697. The Kier molecular flexibility index (Phi) is 4.25. The zero-order chi connectivity index (χ0) is 15.8. The minimum atomic E-state index is -3.91. The molecule has 1 fully saturated rings. The van der Waals surface area contributed by atoms with Gasteiger partial charge >= 0.3 is 5.97 Å². The fourth-order valence-corrected chi connectivity index (χ4v) is 3.44. The third-order valence-electron chi connectivity index (χ3n) is 3.91. The number of hydrogen-bond donors (Lipinski definition) is 2. The van der Waals surface area contributed by atoms with Crippen molar-refractivity contribution in [1.82, 2.24) is 0 Å². The molecule has 3 N–H and O–H groups in total. The van der Waals surface area contributed by atoms with Gasteiger partial charge in [-0.05, 0) is 37.0 Å². The van der Waals surface area contributed by atoms with E-state index in [4.69, 9.17) is 5.14 Å². The maximum atomic E-state index is 11.5. The van der Waals surface area contributed by atoms with Crippen molar-refractivity contribution in [3.8, 4) is 0 Å². The Morgan fingerprint density at radius 3 is 2.62 bits per heavy atom. The first-order chi connectivity index (χ1) is 9.71. The van der Waals surface area contributed by atoms with Gasteiger partial charge in [-0.15, -0.1) is 0 Å². The Hall–Kier alpha value is -1.60. The first kappa shape index (κ1) is 15.8. The van der Waals surface area contributed by atoms with Crippen LogP contribution in [0.2, 0.25) is 0 Å². The van der Waals surface area contributed by atoms with E-state index < -0.39 is 16.0 Å². The molecule has 21 heavy (non-hydrogen) atoms. The predicted octanol–water partition coefficient (Wildman–Crippen LogP) is 1.66. The minimum absolute atomic E-state index is 0.0194. The summed E-state index contributed by atoms with van der Waals surface area (Å²) in [5.74, 6) is -0.753. The molecule has 1 aromatic rings. The summed E-state index contributed by atoms with van der Waals surface area (Å²) < 4.78 is 22.8. The number of carbonyl (C=O) groups is 1. The average molecular weight is 312 g/mol. The highest BCUT2D eigenvalue weighted by molar-refractivity contribution is 7.89. The molecule has 6 nitrogen and oxygen atoms in total. The first-order valence-electron chi connectivity index (χ1n) is 6.88. The van der Waals surface area contributed by atoms with E-state index in [1.165, 1.54) is 6.07 Å². The summed E-state index contributed by atoms with van der Waals surface area (Å²) in [6.07, 6.45) is 2.01. The maximum absolute atomic E-state index is 11.5. The molecule has 0 saturated carbocycles. The second-order valence-electron chi connectivity index (χ2n) is 5.68. The van der Waals surface area contributed by atoms with Crippen molar-refractivity contribution >= 4 is 21.7 Å². The average Bonchev–Trinajstić information content (AvgIpc) is 2.85. The van der Waals surface area contributed by atoms with Crippen LogP contribution in [0.5, 0.6) is 0 Å². The number of sulfonamides is 1. The van der Waals surface area contributed by atoms with Crippen LogP contribution in [0.1, 0.15) is 37.0 Å². The number of primary sulfonamides is 1. The summed E-state index contributed by atoms with van der Waals surface area (Å²) in [5, 5.41) is 14.4. The zero-order valence-corrected chi connectivity index (χ0v) is 12.9. The molecule has 7 heteroatoms. The molecule has 1 unspecified atom stereocenters. The van der Waals surface area contributed by atoms with E-state index in [0.29, 0.717) is 11.6 Å². The number of aromatic carboxylic acids is 1. The molecule has 1 aliphatic rings. The van der Waals surface area contributed by atoms with E-state index in [-0.39, 0.29) is 16.5 Å². The van der Waals surface area contributed by atoms with Gasteiger partial charge in [0.15, 0.2) is 0 Å². The largest absolute Gasteiger partial charge is 0.478 e. The number of hydrogen-bond acceptors (Lipinski definition) is 4. The van der Waals surface area contributed by atoms with Crippen molar-refractivity contribution in [3.63, 3.8) is 0 Å². The molecule has 0 radical (unpaired) electrons. The molecule has 1 atom stereocenters. The Labute approximate surface area is 124 Å². The Morgan fingerprint density at radius 2 is 2.10 bits per heavy atom. The molecule has 0 bridgehead atoms. The highest BCUT2D eigenvalue weighted by Crippen LogP contribution is 2.33. The van der Waals surface area contributed by atoms with E-state index in [2.05, 4.69) is 18.7 Å². The van der Waals surface area contributed by atoms with E-state index in [0.717, 1.165) is 25.5 Å². The van der Waals surface area contributed by atoms with Gasteiger partial charge < -0.3 is 10.0 Å². The van der Waals surface area contributed by atoms with Crippen molar-refractivity contribution < 1.29 is 18.3 Å². The van der Waals surface area contributed by atoms with E-state index in [1.807, 2.05) is 0 Å². The summed E-state index contributed by atoms with van der Waals surface area (Å²) in [7, 11) is -3.91. The van der Waals surface area contributed by atoms with Crippen LogP contribution in [0, 0.1) is 5.92 Å². The number of benzene rings is 1. The number of anilines is 1. The number of rotatable bonds is 4. The lowest BCUT2D eigenvalue weighted by Gasteiger charge is -2.30. The highest BCUT2D eigenvalue weighted by atomic mass is 32.2. The first-order valence-corrected chi connectivity index (χ1v) is 8.43. The van der Waals surface area contributed by atoms with Crippen molar-refractivity contribution in [3.05, 3.63) is 23.8 Å². The van der Waals surface area contributed by atoms with Gasteiger partial charge in [-0.25, -0.2) is 18.4 Å². The van der Waals surface area contributed by atoms with Gasteiger partial charge in [0.25, 0.3) is 0 Å². The molecule has 1 aliphatic heterocycles. The van der Waals surface area contributed by atoms with Gasteiger partial charge in [0, 0.05) is 12.6 Å². The Morgan fingerprint density at radius 1 is 1.43 bits per heavy atom. The van der Waals surface area contributed by atoms with Crippen molar-refractivity contribution in [2.24, 2.45) is 11.1 Å². The summed E-state index contributed by atoms with van der Waals surface area (Å²) in [4.78, 5) is 13.4. The van der Waals surface area contributed by atoms with Gasteiger partial charge in [0.05, 0.1) is 16.1 Å². The number of carboxylic acid groups (broad SMARTS) is 1. The van der Waals surface area contributed by atoms with E-state index >= 15 is 0 Å². The van der Waals surface area contributed by atoms with Gasteiger partial charge in [-0.1, -0.05) is 13.8 Å². The lowest BCUT2D eigenvalue weighted by atomic mass is 10.0. The number of nitrogens with two attached hydrogens (primary N) is 1. The van der Waals surface area contributed by atoms with Crippen LogP contribution in [-0.4, -0.2) is 32.1 Å². The second kappa shape index (κ2) is 5.65. The molecular weight excluding hydrogens is 292 g/mol. The fourth-order valence-electron chi connectivity index (χ4n) is 2.90. The standard InChI is InChI=1S/C14H20N2O4S/c1-9(2)12-4-3-7-16(12)13-6-5-10(21(15,19)20)8-11(13)14(17)18/h5-6,8-9,12H,3-4,7H2,1-2H3,(H,17,18)(H2,15,19,20). The third-order valence-corrected chi connectivity index (χ3v) is 4.82. The van der Waals surface area contributed by atoms with Gasteiger partial charge in [-0.2, -0.15) is 0 Å². The summed E-state index contributed by atoms with van der Waals surface area (Å²) in [5.41, 5.74) is 0.542. The summed E-state index contributed by atoms with van der Waals surface area (Å²) >= 11 is 0. The van der Waals surface area contributed by atoms with Crippen LogP contribution < -0.4 is 10.0 Å².